The van der Waals surface area contributed by atoms with Gasteiger partial charge in [0.1, 0.15) is 5.40 Å². The zero-order valence-electron chi connectivity index (χ0n) is 11.4. The van der Waals surface area contributed by atoms with E-state index in [4.69, 9.17) is 5.26 Å². The van der Waals surface area contributed by atoms with E-state index in [1.54, 1.807) is 0 Å². The average molecular weight is 262 g/mol. The van der Waals surface area contributed by atoms with Gasteiger partial charge in [-0.3, -0.25) is 0 Å². The topological polar surface area (TPSA) is 27.0 Å². The third kappa shape index (κ3) is 6.09. The summed E-state index contributed by atoms with van der Waals surface area (Å²) in [5.74, 6) is 0. The average Bonchev–Trinajstić information content (AvgIpc) is 2.42. The van der Waals surface area contributed by atoms with E-state index in [0.29, 0.717) is 0 Å². The van der Waals surface area contributed by atoms with E-state index >= 15 is 0 Å². The van der Waals surface area contributed by atoms with Gasteiger partial charge < -0.3 is 4.90 Å². The number of benzene rings is 1. The molecule has 0 amide bonds. The highest BCUT2D eigenvalue weighted by molar-refractivity contribution is 8.03. The lowest BCUT2D eigenvalue weighted by atomic mass is 10.1. The molecule has 0 radical (unpaired) electrons. The van der Waals surface area contributed by atoms with E-state index in [9.17, 15) is 0 Å². The number of likely N-dealkylation sites (tertiary alicyclic amines) is 1. The Hall–Kier alpha value is -0.980. The van der Waals surface area contributed by atoms with Crippen molar-refractivity contribution in [1.82, 2.24) is 4.90 Å². The van der Waals surface area contributed by atoms with Crippen LogP contribution in [0.1, 0.15) is 31.7 Å². The van der Waals surface area contributed by atoms with Crippen molar-refractivity contribution in [3.05, 3.63) is 29.8 Å². The molecule has 98 valence electrons. The Bertz CT molecular complexity index is 361. The van der Waals surface area contributed by atoms with Crippen LogP contribution in [0.5, 0.6) is 0 Å². The maximum Gasteiger partial charge on any atom is 0.138 e. The number of aryl methyl sites for hydroxylation is 1. The molecule has 2 rings (SSSR count). The number of piperidine rings is 1. The molecule has 1 aliphatic heterocycles. The lowest BCUT2D eigenvalue weighted by molar-refractivity contribution is 0.277. The minimum Gasteiger partial charge on any atom is -0.306 e. The number of thioether (sulfide) groups is 1. The van der Waals surface area contributed by atoms with Crippen molar-refractivity contribution in [2.45, 2.75) is 37.5 Å². The Labute approximate surface area is 115 Å². The fourth-order valence-electron chi connectivity index (χ4n) is 1.90. The van der Waals surface area contributed by atoms with Gasteiger partial charge in [-0.05, 0) is 68.9 Å². The van der Waals surface area contributed by atoms with E-state index in [-0.39, 0.29) is 0 Å². The summed E-state index contributed by atoms with van der Waals surface area (Å²) < 4.78 is 0. The molecule has 0 saturated carbocycles. The first-order chi connectivity index (χ1) is 8.76. The molecule has 18 heavy (non-hydrogen) atoms. The van der Waals surface area contributed by atoms with Gasteiger partial charge in [0, 0.05) is 4.90 Å². The molecule has 1 aromatic rings. The molecule has 1 aromatic carbocycles. The molecule has 1 aliphatic rings. The molecule has 0 bridgehead atoms. The number of nitriles is 1. The van der Waals surface area contributed by atoms with E-state index in [0.717, 1.165) is 11.3 Å². The largest absolute Gasteiger partial charge is 0.306 e. The summed E-state index contributed by atoms with van der Waals surface area (Å²) in [6.07, 6.45) is 5.33. The molecule has 1 heterocycles. The number of rotatable bonds is 2. The highest BCUT2D eigenvalue weighted by Crippen LogP contribution is 2.16. The van der Waals surface area contributed by atoms with Crippen LogP contribution in [0.4, 0.5) is 0 Å². The highest BCUT2D eigenvalue weighted by Gasteiger charge is 2.02. The van der Waals surface area contributed by atoms with Gasteiger partial charge in [-0.25, -0.2) is 0 Å². The molecule has 0 aliphatic carbocycles. The fraction of sp³-hybridized carbons (Fsp3) is 0.533. The molecule has 0 aromatic heterocycles. The Balaban J connectivity index is 0.000000199. The second-order valence-corrected chi connectivity index (χ2v) is 5.41. The van der Waals surface area contributed by atoms with Crippen molar-refractivity contribution in [3.8, 4) is 5.40 Å². The normalized spacial score (nSPS) is 15.4. The first-order valence-corrected chi connectivity index (χ1v) is 7.41. The van der Waals surface area contributed by atoms with Gasteiger partial charge >= 0.3 is 0 Å². The van der Waals surface area contributed by atoms with Crippen LogP contribution in [-0.2, 0) is 6.42 Å². The minimum atomic E-state index is 1.02. The van der Waals surface area contributed by atoms with Gasteiger partial charge in [-0.1, -0.05) is 25.5 Å². The van der Waals surface area contributed by atoms with Crippen molar-refractivity contribution in [1.29, 1.82) is 5.26 Å². The Morgan fingerprint density at radius 1 is 1.17 bits per heavy atom. The zero-order valence-corrected chi connectivity index (χ0v) is 12.2. The summed E-state index contributed by atoms with van der Waals surface area (Å²) in [6, 6.07) is 8.07. The predicted octanol–water partition coefficient (Wildman–Crippen LogP) is 3.92. The van der Waals surface area contributed by atoms with Crippen LogP contribution in [0.2, 0.25) is 0 Å². The number of hydrogen-bond acceptors (Lipinski definition) is 3. The van der Waals surface area contributed by atoms with E-state index in [1.807, 2.05) is 17.5 Å². The lowest BCUT2D eigenvalue weighted by Crippen LogP contribution is -2.24. The van der Waals surface area contributed by atoms with Gasteiger partial charge in [0.05, 0.1) is 0 Å². The van der Waals surface area contributed by atoms with Crippen molar-refractivity contribution >= 4 is 11.8 Å². The van der Waals surface area contributed by atoms with Crippen LogP contribution in [0.25, 0.3) is 0 Å². The molecule has 1 saturated heterocycles. The summed E-state index contributed by atoms with van der Waals surface area (Å²) in [6.45, 7) is 4.76. The molecule has 1 fully saturated rings. The van der Waals surface area contributed by atoms with Crippen LogP contribution in [0.15, 0.2) is 29.2 Å². The maximum atomic E-state index is 8.36. The summed E-state index contributed by atoms with van der Waals surface area (Å²) in [5, 5.41) is 10.4. The highest BCUT2D eigenvalue weighted by atomic mass is 32.2. The monoisotopic (exact) mass is 262 g/mol. The quantitative estimate of drug-likeness (QED) is 0.597. The lowest BCUT2D eigenvalue weighted by Gasteiger charge is -2.20. The number of nitrogens with zero attached hydrogens (tertiary/aromatic N) is 2. The summed E-state index contributed by atoms with van der Waals surface area (Å²) >= 11 is 1.20. The first kappa shape index (κ1) is 15.1. The van der Waals surface area contributed by atoms with Gasteiger partial charge in [-0.2, -0.15) is 5.26 Å². The van der Waals surface area contributed by atoms with Crippen molar-refractivity contribution in [2.24, 2.45) is 0 Å². The predicted molar refractivity (Wildman–Crippen MR) is 78.6 cm³/mol. The number of hydrogen-bond donors (Lipinski definition) is 0. The van der Waals surface area contributed by atoms with Crippen LogP contribution in [0.3, 0.4) is 0 Å². The van der Waals surface area contributed by atoms with Crippen molar-refractivity contribution in [2.75, 3.05) is 20.1 Å². The molecular formula is C15H22N2S. The SMILES string of the molecule is CCc1ccc(SC#N)cc1.CN1CCCCC1. The van der Waals surface area contributed by atoms with E-state index in [2.05, 4.69) is 31.0 Å². The summed E-state index contributed by atoms with van der Waals surface area (Å²) in [5.41, 5.74) is 1.31. The third-order valence-corrected chi connectivity index (χ3v) is 3.67. The molecule has 0 atom stereocenters. The van der Waals surface area contributed by atoms with Gasteiger partial charge in [0.25, 0.3) is 0 Å². The fourth-order valence-corrected chi connectivity index (χ4v) is 2.28. The number of thiocyanates is 1. The standard InChI is InChI=1S/C9H9NS.C6H13N/c1-2-8-3-5-9(6-4-8)11-7-10;1-7-5-3-2-4-6-7/h3-6H,2H2,1H3;2-6H2,1H3. The second-order valence-electron chi connectivity index (χ2n) is 4.55. The maximum absolute atomic E-state index is 8.36. The Morgan fingerprint density at radius 3 is 2.17 bits per heavy atom. The van der Waals surface area contributed by atoms with Crippen LogP contribution >= 0.6 is 11.8 Å². The zero-order chi connectivity index (χ0) is 13.2. The molecule has 0 N–H and O–H groups in total. The molecule has 3 heteroatoms. The molecular weight excluding hydrogens is 240 g/mol. The second kappa shape index (κ2) is 9.02. The Morgan fingerprint density at radius 2 is 1.78 bits per heavy atom. The molecule has 2 nitrogen and oxygen atoms in total. The van der Waals surface area contributed by atoms with Crippen molar-refractivity contribution in [3.63, 3.8) is 0 Å². The summed E-state index contributed by atoms with van der Waals surface area (Å²) in [4.78, 5) is 3.41. The van der Waals surface area contributed by atoms with E-state index < -0.39 is 0 Å². The third-order valence-electron chi connectivity index (χ3n) is 3.07. The first-order valence-electron chi connectivity index (χ1n) is 6.59. The van der Waals surface area contributed by atoms with Crippen LogP contribution in [0, 0.1) is 10.7 Å². The minimum absolute atomic E-state index is 1.02. The Kier molecular flexibility index (Phi) is 7.55. The van der Waals surface area contributed by atoms with Crippen molar-refractivity contribution < 1.29 is 0 Å². The van der Waals surface area contributed by atoms with Gasteiger partial charge in [0.15, 0.2) is 0 Å². The van der Waals surface area contributed by atoms with Crippen LogP contribution < -0.4 is 0 Å². The van der Waals surface area contributed by atoms with Crippen LogP contribution in [-0.4, -0.2) is 25.0 Å². The smallest absolute Gasteiger partial charge is 0.138 e. The van der Waals surface area contributed by atoms with Gasteiger partial charge in [0.2, 0.25) is 0 Å². The summed E-state index contributed by atoms with van der Waals surface area (Å²) in [7, 11) is 2.19. The molecule has 0 spiro atoms. The van der Waals surface area contributed by atoms with E-state index in [1.165, 1.54) is 49.7 Å². The molecule has 0 unspecified atom stereocenters. The van der Waals surface area contributed by atoms with Gasteiger partial charge in [-0.15, -0.1) is 0 Å².